The van der Waals surface area contributed by atoms with Crippen molar-refractivity contribution in [3.05, 3.63) is 40.3 Å². The number of likely N-dealkylation sites (N-methyl/N-ethyl adjacent to an activating group) is 1. The maximum Gasteiger partial charge on any atom is 0.434 e. The number of hydrogen-bond donors (Lipinski definition) is 0. The molecule has 0 fully saturated rings. The number of halogens is 1. The number of ether oxygens (including phenoxy) is 1. The van der Waals surface area contributed by atoms with Crippen molar-refractivity contribution >= 4 is 29.6 Å². The zero-order chi connectivity index (χ0) is 15.3. The minimum absolute atomic E-state index is 0. The summed E-state index contributed by atoms with van der Waals surface area (Å²) < 4.78 is 7.17. The van der Waals surface area contributed by atoms with E-state index in [1.54, 1.807) is 23.6 Å². The van der Waals surface area contributed by atoms with Crippen molar-refractivity contribution in [2.45, 2.75) is 0 Å². The smallest absolute Gasteiger partial charge is 0.434 e. The van der Waals surface area contributed by atoms with Crippen LogP contribution in [0.4, 0.5) is 4.79 Å². The van der Waals surface area contributed by atoms with Crippen molar-refractivity contribution < 1.29 is 26.4 Å². The Morgan fingerprint density at radius 2 is 2.14 bits per heavy atom. The fourth-order valence-corrected chi connectivity index (χ4v) is 2.17. The van der Waals surface area contributed by atoms with Crippen molar-refractivity contribution in [2.75, 3.05) is 34.3 Å². The summed E-state index contributed by atoms with van der Waals surface area (Å²) in [6.07, 6.45) is 5.02. The highest BCUT2D eigenvalue weighted by Gasteiger charge is 2.11. The molecule has 0 aromatic carbocycles. The van der Waals surface area contributed by atoms with Gasteiger partial charge in [-0.1, -0.05) is 6.07 Å². The van der Waals surface area contributed by atoms with Gasteiger partial charge in [0.25, 0.3) is 0 Å². The van der Waals surface area contributed by atoms with E-state index in [9.17, 15) is 4.79 Å². The fraction of sp³-hybridized carbons (Fsp3) is 0.333. The molecule has 0 saturated carbocycles. The normalized spacial score (nSPS) is 11.4. The maximum absolute atomic E-state index is 11.8. The molecular weight excluding hydrogens is 322 g/mol. The third-order valence-electron chi connectivity index (χ3n) is 2.75. The van der Waals surface area contributed by atoms with E-state index in [4.69, 9.17) is 4.74 Å². The van der Waals surface area contributed by atoms with E-state index in [2.05, 4.69) is 26.2 Å². The molecule has 2 aromatic heterocycles. The molecule has 0 unspecified atom stereocenters. The van der Waals surface area contributed by atoms with Crippen LogP contribution in [0.25, 0.3) is 12.2 Å². The van der Waals surface area contributed by atoms with E-state index in [-0.39, 0.29) is 12.4 Å². The van der Waals surface area contributed by atoms with Gasteiger partial charge >= 0.3 is 6.09 Å². The molecule has 5 nitrogen and oxygen atoms in total. The van der Waals surface area contributed by atoms with Gasteiger partial charge in [-0.3, -0.25) is 0 Å². The molecule has 22 heavy (non-hydrogen) atoms. The number of quaternary nitrogens is 1. The first-order valence-corrected chi connectivity index (χ1v) is 7.57. The van der Waals surface area contributed by atoms with Gasteiger partial charge in [-0.05, 0) is 29.7 Å². The predicted molar refractivity (Wildman–Crippen MR) is 85.1 cm³/mol. The van der Waals surface area contributed by atoms with Gasteiger partial charge in [0, 0.05) is 11.1 Å². The molecule has 2 heterocycles. The van der Waals surface area contributed by atoms with Crippen molar-refractivity contribution in [3.63, 3.8) is 0 Å². The van der Waals surface area contributed by atoms with E-state index in [1.165, 1.54) is 4.68 Å². The van der Waals surface area contributed by atoms with Gasteiger partial charge in [-0.2, -0.15) is 9.78 Å². The average Bonchev–Trinajstić information content (AvgIpc) is 3.06. The largest absolute Gasteiger partial charge is 1.00 e. The predicted octanol–water partition coefficient (Wildman–Crippen LogP) is -0.190. The van der Waals surface area contributed by atoms with E-state index in [0.717, 1.165) is 21.6 Å². The highest BCUT2D eigenvalue weighted by atomic mass is 35.5. The Kier molecular flexibility index (Phi) is 6.80. The Balaban J connectivity index is 0.00000242. The first kappa shape index (κ1) is 18.4. The second-order valence-electron chi connectivity index (χ2n) is 5.66. The summed E-state index contributed by atoms with van der Waals surface area (Å²) in [6.45, 7) is 1.14. The standard InChI is InChI=1S/C15H20N3O2S.ClH/c1-18(2,3)10-11-20-15(19)17-9-8-13(16-17)6-7-14-5-4-12-21-14;/h4-9,12H,10-11H2,1-3H3;1H/q+1;/p-1/b7-6+;. The lowest BCUT2D eigenvalue weighted by Gasteiger charge is -2.23. The van der Waals surface area contributed by atoms with E-state index >= 15 is 0 Å². The summed E-state index contributed by atoms with van der Waals surface area (Å²) in [5.41, 5.74) is 0.729. The van der Waals surface area contributed by atoms with Crippen molar-refractivity contribution in [1.29, 1.82) is 0 Å². The Morgan fingerprint density at radius 1 is 1.36 bits per heavy atom. The van der Waals surface area contributed by atoms with Gasteiger partial charge in [0.1, 0.15) is 13.2 Å². The summed E-state index contributed by atoms with van der Waals surface area (Å²) in [4.78, 5) is 13.0. The Labute approximate surface area is 140 Å². The van der Waals surface area contributed by atoms with Crippen molar-refractivity contribution in [1.82, 2.24) is 9.78 Å². The Hall–Kier alpha value is -1.63. The second-order valence-corrected chi connectivity index (χ2v) is 6.64. The minimum Gasteiger partial charge on any atom is -1.00 e. The van der Waals surface area contributed by atoms with E-state index < -0.39 is 6.09 Å². The number of thiophene rings is 1. The number of carbonyl (C=O) groups excluding carboxylic acids is 1. The lowest BCUT2D eigenvalue weighted by atomic mass is 10.3. The molecule has 120 valence electrons. The van der Waals surface area contributed by atoms with Crippen LogP contribution in [0.3, 0.4) is 0 Å². The van der Waals surface area contributed by atoms with Crippen molar-refractivity contribution in [2.24, 2.45) is 0 Å². The van der Waals surface area contributed by atoms with Crippen LogP contribution >= 0.6 is 11.3 Å². The highest BCUT2D eigenvalue weighted by Crippen LogP contribution is 2.12. The molecule has 2 aromatic rings. The van der Waals surface area contributed by atoms with Crippen LogP contribution < -0.4 is 12.4 Å². The summed E-state index contributed by atoms with van der Waals surface area (Å²) in [6, 6.07) is 5.80. The van der Waals surface area contributed by atoms with Crippen molar-refractivity contribution in [3.8, 4) is 0 Å². The van der Waals surface area contributed by atoms with Crippen LogP contribution in [0.2, 0.25) is 0 Å². The van der Waals surface area contributed by atoms with Crippen LogP contribution in [-0.4, -0.2) is 54.7 Å². The van der Waals surface area contributed by atoms with Gasteiger partial charge in [-0.15, -0.1) is 11.3 Å². The fourth-order valence-electron chi connectivity index (χ4n) is 1.56. The third-order valence-corrected chi connectivity index (χ3v) is 3.58. The first-order chi connectivity index (χ1) is 9.94. The number of hydrogen-bond acceptors (Lipinski definition) is 4. The molecule has 0 N–H and O–H groups in total. The molecule has 0 aliphatic heterocycles. The lowest BCUT2D eigenvalue weighted by molar-refractivity contribution is -0.870. The number of nitrogens with zero attached hydrogens (tertiary/aromatic N) is 3. The molecule has 0 radical (unpaired) electrons. The van der Waals surface area contributed by atoms with Gasteiger partial charge < -0.3 is 21.6 Å². The van der Waals surface area contributed by atoms with Gasteiger partial charge in [0.2, 0.25) is 0 Å². The molecule has 0 atom stereocenters. The Bertz CT molecular complexity index is 615. The van der Waals surface area contributed by atoms with Gasteiger partial charge in [0.15, 0.2) is 0 Å². The molecule has 0 spiro atoms. The van der Waals surface area contributed by atoms with Crippen LogP contribution in [-0.2, 0) is 4.74 Å². The molecule has 0 saturated heterocycles. The SMILES string of the molecule is C[N+](C)(C)CCOC(=O)n1ccc(/C=C/c2cccs2)n1.[Cl-]. The quantitative estimate of drug-likeness (QED) is 0.708. The zero-order valence-corrected chi connectivity index (χ0v) is 14.5. The number of rotatable bonds is 5. The highest BCUT2D eigenvalue weighted by molar-refractivity contribution is 7.10. The number of carbonyl (C=O) groups is 1. The average molecular weight is 342 g/mol. The topological polar surface area (TPSA) is 44.1 Å². The van der Waals surface area contributed by atoms with Crippen LogP contribution in [0, 0.1) is 0 Å². The molecular formula is C15H20ClN3O2S. The molecule has 7 heteroatoms. The first-order valence-electron chi connectivity index (χ1n) is 6.69. The monoisotopic (exact) mass is 341 g/mol. The lowest BCUT2D eigenvalue weighted by Crippen LogP contribution is -3.00. The Morgan fingerprint density at radius 3 is 2.77 bits per heavy atom. The van der Waals surface area contributed by atoms with Crippen LogP contribution in [0.15, 0.2) is 29.8 Å². The molecule has 0 aliphatic carbocycles. The summed E-state index contributed by atoms with van der Waals surface area (Å²) in [7, 11) is 6.15. The molecule has 0 amide bonds. The van der Waals surface area contributed by atoms with Gasteiger partial charge in [-0.25, -0.2) is 4.79 Å². The molecule has 0 bridgehead atoms. The van der Waals surface area contributed by atoms with Crippen LogP contribution in [0.5, 0.6) is 0 Å². The van der Waals surface area contributed by atoms with E-state index in [0.29, 0.717) is 6.61 Å². The third kappa shape index (κ3) is 6.01. The van der Waals surface area contributed by atoms with Crippen LogP contribution in [0.1, 0.15) is 10.6 Å². The second kappa shape index (κ2) is 8.12. The van der Waals surface area contributed by atoms with E-state index in [1.807, 2.05) is 29.7 Å². The zero-order valence-electron chi connectivity index (χ0n) is 12.9. The van der Waals surface area contributed by atoms with Gasteiger partial charge in [0.05, 0.1) is 26.8 Å². The number of aromatic nitrogens is 2. The molecule has 2 rings (SSSR count). The summed E-state index contributed by atoms with van der Waals surface area (Å²) in [5, 5.41) is 6.20. The minimum atomic E-state index is -0.445. The maximum atomic E-state index is 11.8. The summed E-state index contributed by atoms with van der Waals surface area (Å²) >= 11 is 1.65. The summed E-state index contributed by atoms with van der Waals surface area (Å²) in [5.74, 6) is 0. The molecule has 0 aliphatic rings.